The first-order valence-corrected chi connectivity index (χ1v) is 3.67. The molecule has 0 aliphatic heterocycles. The molecule has 0 saturated carbocycles. The molecule has 0 aliphatic rings. The first-order valence-electron chi connectivity index (χ1n) is 3.67. The summed E-state index contributed by atoms with van der Waals surface area (Å²) in [6.07, 6.45) is 0.792. The van der Waals surface area contributed by atoms with Crippen molar-refractivity contribution >= 4 is 0 Å². The summed E-state index contributed by atoms with van der Waals surface area (Å²) in [4.78, 5) is 10.2. The molecule has 0 aromatic heterocycles. The van der Waals surface area contributed by atoms with Crippen LogP contribution in [0.5, 0.6) is 0 Å². The van der Waals surface area contributed by atoms with Gasteiger partial charge in [0, 0.05) is 0 Å². The van der Waals surface area contributed by atoms with Crippen LogP contribution in [0.2, 0.25) is 0 Å². The fourth-order valence-electron chi connectivity index (χ4n) is 0.583. The monoisotopic (exact) mass is 146 g/mol. The van der Waals surface area contributed by atoms with Crippen molar-refractivity contribution in [3.63, 3.8) is 0 Å². The van der Waals surface area contributed by atoms with Gasteiger partial charge in [0.1, 0.15) is 0 Å². The molecule has 61 valence electrons. The molecule has 0 amide bonds. The zero-order chi connectivity index (χ0) is 7.82. The van der Waals surface area contributed by atoms with Crippen LogP contribution >= 0.6 is 0 Å². The fraction of sp³-hybridized carbons (Fsp3) is 0.857. The Balaban J connectivity index is 3.30. The van der Waals surface area contributed by atoms with E-state index in [9.17, 15) is 0 Å². The second kappa shape index (κ2) is 6.99. The summed E-state index contributed by atoms with van der Waals surface area (Å²) in [6.45, 7) is 9.54. The van der Waals surface area contributed by atoms with E-state index in [0.29, 0.717) is 13.2 Å². The molecule has 0 heterocycles. The second-order valence-electron chi connectivity index (χ2n) is 1.75. The van der Waals surface area contributed by atoms with E-state index >= 15 is 0 Å². The lowest BCUT2D eigenvalue weighted by Crippen LogP contribution is -2.25. The van der Waals surface area contributed by atoms with Gasteiger partial charge in [-0.05, 0) is 20.3 Å². The van der Waals surface area contributed by atoms with Gasteiger partial charge in [0.15, 0.2) is 0 Å². The predicted octanol–water partition coefficient (Wildman–Crippen LogP) is 1.42. The summed E-state index contributed by atoms with van der Waals surface area (Å²) >= 11 is 0. The lowest BCUT2D eigenvalue weighted by Gasteiger charge is -2.17. The van der Waals surface area contributed by atoms with Crippen molar-refractivity contribution < 1.29 is 9.68 Å². The van der Waals surface area contributed by atoms with Gasteiger partial charge in [0.05, 0.1) is 19.8 Å². The van der Waals surface area contributed by atoms with Crippen molar-refractivity contribution in [3.8, 4) is 0 Å². The third-order valence-corrected chi connectivity index (χ3v) is 0.887. The van der Waals surface area contributed by atoms with Crippen LogP contribution in [0.15, 0.2) is 0 Å². The zero-order valence-electron chi connectivity index (χ0n) is 6.80. The molecule has 0 aromatic carbocycles. The van der Waals surface area contributed by atoms with Crippen LogP contribution in [0.25, 0.3) is 0 Å². The SMILES string of the molecule is [CH2]CCN(OCC)OCC. The van der Waals surface area contributed by atoms with Crippen LogP contribution in [0.1, 0.15) is 20.3 Å². The Morgan fingerprint density at radius 3 is 2.00 bits per heavy atom. The highest BCUT2D eigenvalue weighted by molar-refractivity contribution is 4.37. The minimum absolute atomic E-state index is 0.639. The number of rotatable bonds is 6. The third kappa shape index (κ3) is 4.73. The summed E-state index contributed by atoms with van der Waals surface area (Å²) in [5.74, 6) is 0. The van der Waals surface area contributed by atoms with Gasteiger partial charge in [0.2, 0.25) is 0 Å². The van der Waals surface area contributed by atoms with E-state index in [-0.39, 0.29) is 0 Å². The molecule has 0 bridgehead atoms. The summed E-state index contributed by atoms with van der Waals surface area (Å²) in [6, 6.07) is 0. The highest BCUT2D eigenvalue weighted by atomic mass is 16.9. The number of hydroxylamine groups is 2. The van der Waals surface area contributed by atoms with Crippen LogP contribution in [-0.2, 0) is 9.68 Å². The van der Waals surface area contributed by atoms with Crippen molar-refractivity contribution in [1.82, 2.24) is 5.23 Å². The topological polar surface area (TPSA) is 21.7 Å². The maximum Gasteiger partial charge on any atom is 0.0683 e. The van der Waals surface area contributed by atoms with Gasteiger partial charge in [-0.3, -0.25) is 9.68 Å². The highest BCUT2D eigenvalue weighted by Crippen LogP contribution is 1.93. The number of nitrogens with zero attached hydrogens (tertiary/aromatic N) is 1. The van der Waals surface area contributed by atoms with Gasteiger partial charge >= 0.3 is 0 Å². The number of hydrogen-bond acceptors (Lipinski definition) is 3. The van der Waals surface area contributed by atoms with E-state index in [1.54, 1.807) is 0 Å². The van der Waals surface area contributed by atoms with Crippen LogP contribution < -0.4 is 0 Å². The summed E-state index contributed by atoms with van der Waals surface area (Å²) in [5, 5.41) is 1.48. The molecule has 0 saturated heterocycles. The number of hydrogen-bond donors (Lipinski definition) is 0. The van der Waals surface area contributed by atoms with Crippen LogP contribution in [-0.4, -0.2) is 25.0 Å². The molecule has 0 rings (SSSR count). The van der Waals surface area contributed by atoms with E-state index in [1.807, 2.05) is 13.8 Å². The van der Waals surface area contributed by atoms with E-state index < -0.39 is 0 Å². The smallest absolute Gasteiger partial charge is 0.0683 e. The van der Waals surface area contributed by atoms with Crippen LogP contribution in [0.3, 0.4) is 0 Å². The van der Waals surface area contributed by atoms with Crippen molar-refractivity contribution in [1.29, 1.82) is 0 Å². The normalized spacial score (nSPS) is 10.8. The lowest BCUT2D eigenvalue weighted by molar-refractivity contribution is -0.364. The average Bonchev–Trinajstić information content (AvgIpc) is 1.90. The summed E-state index contributed by atoms with van der Waals surface area (Å²) in [5.41, 5.74) is 0. The molecule has 1 radical (unpaired) electrons. The Kier molecular flexibility index (Phi) is 6.91. The van der Waals surface area contributed by atoms with Crippen LogP contribution in [0, 0.1) is 6.92 Å². The van der Waals surface area contributed by atoms with Gasteiger partial charge in [-0.25, -0.2) is 0 Å². The molecule has 0 N–H and O–H groups in total. The second-order valence-corrected chi connectivity index (χ2v) is 1.75. The zero-order valence-corrected chi connectivity index (χ0v) is 6.80. The maximum atomic E-state index is 5.09. The lowest BCUT2D eigenvalue weighted by atomic mass is 10.5. The van der Waals surface area contributed by atoms with Crippen molar-refractivity contribution in [3.05, 3.63) is 6.92 Å². The van der Waals surface area contributed by atoms with E-state index in [2.05, 4.69) is 6.92 Å². The standard InChI is InChI=1S/C7H16NO2/c1-4-7-8(9-5-2)10-6-3/h1,4-7H2,2-3H3. The van der Waals surface area contributed by atoms with Crippen molar-refractivity contribution in [2.24, 2.45) is 0 Å². The quantitative estimate of drug-likeness (QED) is 0.529. The minimum Gasteiger partial charge on any atom is -0.274 e. The molecule has 0 aromatic rings. The summed E-state index contributed by atoms with van der Waals surface area (Å²) < 4.78 is 0. The van der Waals surface area contributed by atoms with Gasteiger partial charge in [-0.15, -0.1) is 0 Å². The van der Waals surface area contributed by atoms with E-state index in [4.69, 9.17) is 9.68 Å². The molecule has 0 fully saturated rings. The van der Waals surface area contributed by atoms with Gasteiger partial charge < -0.3 is 0 Å². The first-order chi connectivity index (χ1) is 4.85. The Morgan fingerprint density at radius 2 is 1.70 bits per heavy atom. The Labute approximate surface area is 62.8 Å². The average molecular weight is 146 g/mol. The highest BCUT2D eigenvalue weighted by Gasteiger charge is 1.99. The molecule has 10 heavy (non-hydrogen) atoms. The van der Waals surface area contributed by atoms with Crippen molar-refractivity contribution in [2.45, 2.75) is 20.3 Å². The van der Waals surface area contributed by atoms with Gasteiger partial charge in [-0.2, -0.15) is 0 Å². The molecule has 0 unspecified atom stereocenters. The molecular weight excluding hydrogens is 130 g/mol. The van der Waals surface area contributed by atoms with E-state index in [1.165, 1.54) is 5.23 Å². The molecule has 0 spiro atoms. The Morgan fingerprint density at radius 1 is 1.20 bits per heavy atom. The van der Waals surface area contributed by atoms with Crippen LogP contribution in [0.4, 0.5) is 0 Å². The predicted molar refractivity (Wildman–Crippen MR) is 39.9 cm³/mol. The van der Waals surface area contributed by atoms with Gasteiger partial charge in [0.25, 0.3) is 0 Å². The van der Waals surface area contributed by atoms with Gasteiger partial charge in [-0.1, -0.05) is 12.2 Å². The molecule has 0 aliphatic carbocycles. The fourth-order valence-corrected chi connectivity index (χ4v) is 0.583. The minimum atomic E-state index is 0.639. The first kappa shape index (κ1) is 9.88. The molecular formula is C7H16NO2. The maximum absolute atomic E-state index is 5.09. The van der Waals surface area contributed by atoms with Crippen molar-refractivity contribution in [2.75, 3.05) is 19.8 Å². The molecule has 3 nitrogen and oxygen atoms in total. The summed E-state index contributed by atoms with van der Waals surface area (Å²) in [7, 11) is 0. The largest absolute Gasteiger partial charge is 0.274 e. The third-order valence-electron chi connectivity index (χ3n) is 0.887. The Hall–Kier alpha value is -0.120. The molecule has 0 atom stereocenters. The molecule has 3 heteroatoms. The van der Waals surface area contributed by atoms with E-state index in [0.717, 1.165) is 13.0 Å². The Bertz CT molecular complexity index is 54.4.